The Morgan fingerprint density at radius 3 is 1.78 bits per heavy atom. The number of nitrogens with zero attached hydrogens (tertiary/aromatic N) is 1. The van der Waals surface area contributed by atoms with Gasteiger partial charge < -0.3 is 4.90 Å². The zero-order valence-corrected chi connectivity index (χ0v) is 36.2. The molecule has 0 N–H and O–H groups in total. The molecule has 4 aliphatic rings. The lowest BCUT2D eigenvalue weighted by Gasteiger charge is -2.40. The van der Waals surface area contributed by atoms with Gasteiger partial charge in [0.2, 0.25) is 0 Å². The Balaban J connectivity index is 1.21. The molecular formula is C62H51N. The number of hydrogen-bond donors (Lipinski definition) is 0. The van der Waals surface area contributed by atoms with Gasteiger partial charge in [-0.25, -0.2) is 0 Å². The van der Waals surface area contributed by atoms with Gasteiger partial charge in [0, 0.05) is 22.4 Å². The highest BCUT2D eigenvalue weighted by atomic mass is 15.1. The smallest absolute Gasteiger partial charge is 0.0543 e. The lowest BCUT2D eigenvalue weighted by Crippen LogP contribution is -2.35. The standard InChI is InChI=1S/C62H51N/c1-61(2)56-33-19-17-31-49(56)51-36-35-48(39-58(51)61)63(47-29-13-6-14-30-47)60-41-59-54(40-55(60)53-38-44-24-16-15-23-43(44)37-52(53)42-21-7-3-8-22-42)50-32-18-20-34-57(50)62(59,45-25-9-4-10-26-45)46-27-11-5-12-28-46/h3-14,17-22,25-27,29-41,46H,15-16,23-24,28H2,1-2H3. The maximum Gasteiger partial charge on any atom is 0.0543 e. The Bertz CT molecular complexity index is 3120. The SMILES string of the molecule is CC1(C)c2ccccc2-c2ccc(N(c3ccccc3)c3cc4c(cc3-c3cc5c(cc3-c3ccccc3)CCCC5)-c3ccccc3C4(c3ccccc3)C3C=CC=CC3)cc21. The van der Waals surface area contributed by atoms with Gasteiger partial charge in [-0.2, -0.15) is 0 Å². The van der Waals surface area contributed by atoms with Gasteiger partial charge in [-0.3, -0.25) is 0 Å². The summed E-state index contributed by atoms with van der Waals surface area (Å²) in [7, 11) is 0. The molecule has 0 bridgehead atoms. The van der Waals surface area contributed by atoms with Crippen LogP contribution < -0.4 is 4.90 Å². The van der Waals surface area contributed by atoms with Crippen LogP contribution in [-0.2, 0) is 23.7 Å². The Labute approximate surface area is 372 Å². The number of hydrogen-bond acceptors (Lipinski definition) is 1. The molecule has 12 rings (SSSR count). The Kier molecular flexibility index (Phi) is 8.90. The fourth-order valence-electron chi connectivity index (χ4n) is 12.0. The van der Waals surface area contributed by atoms with Crippen LogP contribution in [0.15, 0.2) is 206 Å². The minimum Gasteiger partial charge on any atom is -0.310 e. The van der Waals surface area contributed by atoms with E-state index in [0.717, 1.165) is 24.9 Å². The number of benzene rings is 8. The first kappa shape index (κ1) is 37.8. The average Bonchev–Trinajstić information content (AvgIpc) is 3.77. The monoisotopic (exact) mass is 809 g/mol. The van der Waals surface area contributed by atoms with Gasteiger partial charge in [0.05, 0.1) is 11.1 Å². The molecule has 1 heteroatoms. The molecule has 2 atom stereocenters. The van der Waals surface area contributed by atoms with Gasteiger partial charge >= 0.3 is 0 Å². The second-order valence-corrected chi connectivity index (χ2v) is 18.6. The van der Waals surface area contributed by atoms with E-state index in [1.807, 2.05) is 0 Å². The van der Waals surface area contributed by atoms with Crippen LogP contribution in [0.1, 0.15) is 72.1 Å². The van der Waals surface area contributed by atoms with Gasteiger partial charge in [0.1, 0.15) is 0 Å². The molecule has 0 aliphatic heterocycles. The molecule has 0 heterocycles. The van der Waals surface area contributed by atoms with Crippen molar-refractivity contribution in [1.29, 1.82) is 0 Å². The summed E-state index contributed by atoms with van der Waals surface area (Å²) >= 11 is 0. The normalized spacial score (nSPS) is 18.5. The van der Waals surface area contributed by atoms with Crippen LogP contribution in [0.3, 0.4) is 0 Å². The van der Waals surface area contributed by atoms with Gasteiger partial charge in [-0.15, -0.1) is 0 Å². The highest BCUT2D eigenvalue weighted by molar-refractivity contribution is 6.00. The third-order valence-electron chi connectivity index (χ3n) is 14.9. The van der Waals surface area contributed by atoms with Crippen LogP contribution >= 0.6 is 0 Å². The number of fused-ring (bicyclic) bond motifs is 7. The van der Waals surface area contributed by atoms with E-state index in [9.17, 15) is 0 Å². The highest BCUT2D eigenvalue weighted by Crippen LogP contribution is 2.61. The molecule has 4 aliphatic carbocycles. The van der Waals surface area contributed by atoms with Crippen molar-refractivity contribution < 1.29 is 0 Å². The van der Waals surface area contributed by atoms with E-state index in [1.54, 1.807) is 0 Å². The van der Waals surface area contributed by atoms with Gasteiger partial charge in [0.15, 0.2) is 0 Å². The topological polar surface area (TPSA) is 3.24 Å². The van der Waals surface area contributed by atoms with E-state index >= 15 is 0 Å². The minimum absolute atomic E-state index is 0.144. The zero-order chi connectivity index (χ0) is 42.1. The van der Waals surface area contributed by atoms with Crippen LogP contribution in [0.4, 0.5) is 17.1 Å². The molecule has 0 saturated heterocycles. The molecule has 2 unspecified atom stereocenters. The van der Waals surface area contributed by atoms with Crippen molar-refractivity contribution in [2.45, 2.75) is 56.8 Å². The molecule has 8 aromatic rings. The summed E-state index contributed by atoms with van der Waals surface area (Å²) < 4.78 is 0. The van der Waals surface area contributed by atoms with E-state index in [1.165, 1.54) is 108 Å². The van der Waals surface area contributed by atoms with Crippen LogP contribution in [0.5, 0.6) is 0 Å². The molecule has 0 amide bonds. The van der Waals surface area contributed by atoms with Gasteiger partial charge in [-0.05, 0) is 152 Å². The summed E-state index contributed by atoms with van der Waals surface area (Å²) in [5.74, 6) is 0.221. The first-order valence-electron chi connectivity index (χ1n) is 23.0. The van der Waals surface area contributed by atoms with Gasteiger partial charge in [0.25, 0.3) is 0 Å². The molecule has 0 aromatic heterocycles. The van der Waals surface area contributed by atoms with Crippen molar-refractivity contribution >= 4 is 17.1 Å². The van der Waals surface area contributed by atoms with Crippen molar-refractivity contribution in [3.05, 3.63) is 245 Å². The minimum atomic E-state index is -0.413. The lowest BCUT2D eigenvalue weighted by molar-refractivity contribution is 0.457. The van der Waals surface area contributed by atoms with E-state index in [0.29, 0.717) is 0 Å². The Hall–Kier alpha value is -6.96. The van der Waals surface area contributed by atoms with Crippen molar-refractivity contribution in [2.75, 3.05) is 4.90 Å². The highest BCUT2D eigenvalue weighted by Gasteiger charge is 2.50. The number of rotatable bonds is 7. The Morgan fingerprint density at radius 1 is 0.444 bits per heavy atom. The predicted molar refractivity (Wildman–Crippen MR) is 264 cm³/mol. The van der Waals surface area contributed by atoms with Crippen LogP contribution in [0, 0.1) is 5.92 Å². The maximum atomic E-state index is 2.62. The van der Waals surface area contributed by atoms with Crippen molar-refractivity contribution in [3.8, 4) is 44.5 Å². The van der Waals surface area contributed by atoms with Crippen molar-refractivity contribution in [1.82, 2.24) is 0 Å². The largest absolute Gasteiger partial charge is 0.310 e. The van der Waals surface area contributed by atoms with E-state index in [2.05, 4.69) is 225 Å². The first-order valence-corrected chi connectivity index (χ1v) is 23.0. The predicted octanol–water partition coefficient (Wildman–Crippen LogP) is 16.1. The van der Waals surface area contributed by atoms with Crippen LogP contribution in [0.25, 0.3) is 44.5 Å². The van der Waals surface area contributed by atoms with Crippen LogP contribution in [-0.4, -0.2) is 0 Å². The summed E-state index contributed by atoms with van der Waals surface area (Å²) in [5, 5.41) is 0. The molecule has 0 saturated carbocycles. The molecule has 8 aromatic carbocycles. The molecule has 0 spiro atoms. The molecule has 304 valence electrons. The second kappa shape index (κ2) is 14.8. The second-order valence-electron chi connectivity index (χ2n) is 18.6. The number of para-hydroxylation sites is 1. The van der Waals surface area contributed by atoms with E-state index in [4.69, 9.17) is 0 Å². The molecule has 0 fully saturated rings. The lowest BCUT2D eigenvalue weighted by atomic mass is 9.62. The summed E-state index contributed by atoms with van der Waals surface area (Å²) in [5.41, 5.74) is 23.2. The number of allylic oxidation sites excluding steroid dienone is 4. The first-order chi connectivity index (χ1) is 31.0. The summed E-state index contributed by atoms with van der Waals surface area (Å²) in [6.07, 6.45) is 15.0. The number of aryl methyl sites for hydroxylation is 2. The molecule has 1 nitrogen and oxygen atoms in total. The molecular weight excluding hydrogens is 759 g/mol. The molecule has 63 heavy (non-hydrogen) atoms. The fraction of sp³-hybridized carbons (Fsp3) is 0.161. The molecule has 0 radical (unpaired) electrons. The maximum absolute atomic E-state index is 2.62. The van der Waals surface area contributed by atoms with Gasteiger partial charge in [-0.1, -0.05) is 184 Å². The van der Waals surface area contributed by atoms with Crippen molar-refractivity contribution in [3.63, 3.8) is 0 Å². The number of anilines is 3. The summed E-state index contributed by atoms with van der Waals surface area (Å²) in [6.45, 7) is 4.79. The third-order valence-corrected chi connectivity index (χ3v) is 14.9. The fourth-order valence-corrected chi connectivity index (χ4v) is 12.0. The van der Waals surface area contributed by atoms with E-state index in [-0.39, 0.29) is 11.3 Å². The third kappa shape index (κ3) is 5.83. The zero-order valence-electron chi connectivity index (χ0n) is 36.2. The van der Waals surface area contributed by atoms with E-state index < -0.39 is 5.41 Å². The quantitative estimate of drug-likeness (QED) is 0.155. The van der Waals surface area contributed by atoms with Crippen molar-refractivity contribution in [2.24, 2.45) is 5.92 Å². The van der Waals surface area contributed by atoms with Crippen LogP contribution in [0.2, 0.25) is 0 Å². The summed E-state index contributed by atoms with van der Waals surface area (Å²) in [6, 6.07) is 69.5. The average molecular weight is 810 g/mol. The summed E-state index contributed by atoms with van der Waals surface area (Å²) in [4.78, 5) is 2.58. The Morgan fingerprint density at radius 2 is 1.06 bits per heavy atom.